The zero-order valence-electron chi connectivity index (χ0n) is 5.61. The van der Waals surface area contributed by atoms with Crippen molar-refractivity contribution in [3.05, 3.63) is 11.8 Å². The van der Waals surface area contributed by atoms with Crippen molar-refractivity contribution in [1.82, 2.24) is 10.6 Å². The zero-order chi connectivity index (χ0) is 5.82. The lowest BCUT2D eigenvalue weighted by atomic mass is 10.3. The first-order valence-corrected chi connectivity index (χ1v) is 3.03. The molecule has 0 radical (unpaired) electrons. The highest BCUT2D eigenvalue weighted by Gasteiger charge is 1.98. The summed E-state index contributed by atoms with van der Waals surface area (Å²) in [4.78, 5) is 0. The third-order valence-corrected chi connectivity index (χ3v) is 1.32. The molecule has 0 aromatic carbocycles. The lowest BCUT2D eigenvalue weighted by Crippen LogP contribution is -2.37. The number of piperazine rings is 1. The highest BCUT2D eigenvalue weighted by molar-refractivity contribution is 5.85. The first-order chi connectivity index (χ1) is 3.93. The minimum atomic E-state index is 0. The van der Waals surface area contributed by atoms with Crippen molar-refractivity contribution in [3.63, 3.8) is 0 Å². The molecule has 0 aromatic heterocycles. The van der Waals surface area contributed by atoms with Crippen LogP contribution in [0.3, 0.4) is 0 Å². The Morgan fingerprint density at radius 3 is 2.56 bits per heavy atom. The monoisotopic (exact) mass is 148 g/mol. The molecule has 1 aliphatic rings. The van der Waals surface area contributed by atoms with Gasteiger partial charge >= 0.3 is 0 Å². The second kappa shape index (κ2) is 4.65. The SMILES string of the molecule is CC=C1CNCCN1.Cl. The summed E-state index contributed by atoms with van der Waals surface area (Å²) in [6.45, 7) is 5.23. The van der Waals surface area contributed by atoms with Crippen molar-refractivity contribution in [1.29, 1.82) is 0 Å². The molecule has 1 saturated heterocycles. The van der Waals surface area contributed by atoms with Gasteiger partial charge in [-0.1, -0.05) is 6.08 Å². The van der Waals surface area contributed by atoms with E-state index in [0.717, 1.165) is 19.6 Å². The van der Waals surface area contributed by atoms with E-state index in [9.17, 15) is 0 Å². The quantitative estimate of drug-likeness (QED) is 0.523. The smallest absolute Gasteiger partial charge is 0.0351 e. The first-order valence-electron chi connectivity index (χ1n) is 3.03. The predicted octanol–water partition coefficient (Wildman–Crippen LogP) is 0.505. The third-order valence-electron chi connectivity index (χ3n) is 1.32. The summed E-state index contributed by atoms with van der Waals surface area (Å²) in [6.07, 6.45) is 2.10. The molecule has 0 aromatic rings. The molecule has 2 nitrogen and oxygen atoms in total. The average molecular weight is 149 g/mol. The van der Waals surface area contributed by atoms with Crippen LogP contribution in [0.4, 0.5) is 0 Å². The minimum Gasteiger partial charge on any atom is -0.386 e. The van der Waals surface area contributed by atoms with Crippen LogP contribution in [0.5, 0.6) is 0 Å². The summed E-state index contributed by atoms with van der Waals surface area (Å²) >= 11 is 0. The molecule has 3 heteroatoms. The van der Waals surface area contributed by atoms with Crippen LogP contribution in [-0.4, -0.2) is 19.6 Å². The Hall–Kier alpha value is -0.210. The van der Waals surface area contributed by atoms with Crippen molar-refractivity contribution in [2.75, 3.05) is 19.6 Å². The van der Waals surface area contributed by atoms with Crippen LogP contribution in [0.2, 0.25) is 0 Å². The molecule has 0 atom stereocenters. The fourth-order valence-electron chi connectivity index (χ4n) is 0.801. The number of hydrogen-bond acceptors (Lipinski definition) is 2. The highest BCUT2D eigenvalue weighted by atomic mass is 35.5. The van der Waals surface area contributed by atoms with E-state index in [4.69, 9.17) is 0 Å². The van der Waals surface area contributed by atoms with Crippen molar-refractivity contribution in [2.45, 2.75) is 6.92 Å². The first kappa shape index (κ1) is 8.79. The van der Waals surface area contributed by atoms with E-state index in [1.165, 1.54) is 5.70 Å². The van der Waals surface area contributed by atoms with E-state index in [2.05, 4.69) is 23.6 Å². The maximum absolute atomic E-state index is 3.27. The second-order valence-corrected chi connectivity index (χ2v) is 1.92. The summed E-state index contributed by atoms with van der Waals surface area (Å²) in [7, 11) is 0. The Bertz CT molecular complexity index is 93.2. The van der Waals surface area contributed by atoms with Gasteiger partial charge in [-0.05, 0) is 6.92 Å². The summed E-state index contributed by atoms with van der Waals surface area (Å²) in [5, 5.41) is 6.52. The molecular weight excluding hydrogens is 136 g/mol. The van der Waals surface area contributed by atoms with Crippen LogP contribution < -0.4 is 10.6 Å². The fourth-order valence-corrected chi connectivity index (χ4v) is 0.801. The Balaban J connectivity index is 0.000000640. The van der Waals surface area contributed by atoms with Gasteiger partial charge < -0.3 is 10.6 Å². The molecule has 0 spiro atoms. The number of allylic oxidation sites excluding steroid dienone is 1. The number of nitrogens with one attached hydrogen (secondary N) is 2. The van der Waals surface area contributed by atoms with Crippen molar-refractivity contribution < 1.29 is 0 Å². The van der Waals surface area contributed by atoms with E-state index >= 15 is 0 Å². The van der Waals surface area contributed by atoms with Crippen LogP contribution >= 0.6 is 12.4 Å². The van der Waals surface area contributed by atoms with Gasteiger partial charge in [-0.15, -0.1) is 12.4 Å². The van der Waals surface area contributed by atoms with Crippen LogP contribution in [-0.2, 0) is 0 Å². The summed E-state index contributed by atoms with van der Waals surface area (Å²) in [5.74, 6) is 0. The van der Waals surface area contributed by atoms with Crippen molar-refractivity contribution >= 4 is 12.4 Å². The minimum absolute atomic E-state index is 0. The predicted molar refractivity (Wildman–Crippen MR) is 41.9 cm³/mol. The maximum atomic E-state index is 3.27. The Morgan fingerprint density at radius 1 is 1.44 bits per heavy atom. The molecule has 0 amide bonds. The van der Waals surface area contributed by atoms with E-state index < -0.39 is 0 Å². The van der Waals surface area contributed by atoms with Crippen LogP contribution in [0.25, 0.3) is 0 Å². The summed E-state index contributed by atoms with van der Waals surface area (Å²) in [5.41, 5.74) is 1.32. The van der Waals surface area contributed by atoms with E-state index in [0.29, 0.717) is 0 Å². The van der Waals surface area contributed by atoms with E-state index in [-0.39, 0.29) is 12.4 Å². The van der Waals surface area contributed by atoms with Gasteiger partial charge in [-0.3, -0.25) is 0 Å². The molecule has 1 heterocycles. The molecule has 0 aliphatic carbocycles. The van der Waals surface area contributed by atoms with Gasteiger partial charge in [-0.25, -0.2) is 0 Å². The molecule has 1 rings (SSSR count). The number of hydrogen-bond donors (Lipinski definition) is 2. The largest absolute Gasteiger partial charge is 0.386 e. The van der Waals surface area contributed by atoms with Gasteiger partial charge in [0.1, 0.15) is 0 Å². The lowest BCUT2D eigenvalue weighted by molar-refractivity contribution is 0.597. The molecule has 54 valence electrons. The molecule has 0 bridgehead atoms. The average Bonchev–Trinajstić information content (AvgIpc) is 1.90. The summed E-state index contributed by atoms with van der Waals surface area (Å²) in [6, 6.07) is 0. The van der Waals surface area contributed by atoms with Gasteiger partial charge in [0.25, 0.3) is 0 Å². The van der Waals surface area contributed by atoms with Crippen LogP contribution in [0, 0.1) is 0 Å². The van der Waals surface area contributed by atoms with Gasteiger partial charge in [0.15, 0.2) is 0 Å². The molecule has 1 fully saturated rings. The van der Waals surface area contributed by atoms with E-state index in [1.54, 1.807) is 0 Å². The topological polar surface area (TPSA) is 24.1 Å². The Morgan fingerprint density at radius 2 is 2.22 bits per heavy atom. The van der Waals surface area contributed by atoms with Crippen molar-refractivity contribution in [2.24, 2.45) is 0 Å². The lowest BCUT2D eigenvalue weighted by Gasteiger charge is -2.17. The van der Waals surface area contributed by atoms with Gasteiger partial charge in [-0.2, -0.15) is 0 Å². The standard InChI is InChI=1S/C6H12N2.ClH/c1-2-6-5-7-3-4-8-6;/h2,7-8H,3-5H2,1H3;1H. The Labute approximate surface area is 62.1 Å². The van der Waals surface area contributed by atoms with Gasteiger partial charge in [0.2, 0.25) is 0 Å². The highest BCUT2D eigenvalue weighted by Crippen LogP contribution is 1.88. The van der Waals surface area contributed by atoms with E-state index in [1.807, 2.05) is 0 Å². The Kier molecular flexibility index (Phi) is 4.54. The van der Waals surface area contributed by atoms with Crippen LogP contribution in [0.15, 0.2) is 11.8 Å². The molecule has 9 heavy (non-hydrogen) atoms. The van der Waals surface area contributed by atoms with Gasteiger partial charge in [0, 0.05) is 25.3 Å². The number of halogens is 1. The molecule has 0 saturated carbocycles. The molecule has 1 aliphatic heterocycles. The second-order valence-electron chi connectivity index (χ2n) is 1.92. The number of rotatable bonds is 0. The molecule has 2 N–H and O–H groups in total. The van der Waals surface area contributed by atoms with Crippen molar-refractivity contribution in [3.8, 4) is 0 Å². The normalized spacial score (nSPS) is 22.6. The summed E-state index contributed by atoms with van der Waals surface area (Å²) < 4.78 is 0. The zero-order valence-corrected chi connectivity index (χ0v) is 6.42. The fraction of sp³-hybridized carbons (Fsp3) is 0.667. The van der Waals surface area contributed by atoms with Crippen LogP contribution in [0.1, 0.15) is 6.92 Å². The van der Waals surface area contributed by atoms with Gasteiger partial charge in [0.05, 0.1) is 0 Å². The maximum Gasteiger partial charge on any atom is 0.0351 e. The molecular formula is C6H13ClN2. The molecule has 0 unspecified atom stereocenters. The third kappa shape index (κ3) is 2.72.